The van der Waals surface area contributed by atoms with Gasteiger partial charge in [-0.25, -0.2) is 8.42 Å². The van der Waals surface area contributed by atoms with Gasteiger partial charge in [0.15, 0.2) is 11.5 Å². The van der Waals surface area contributed by atoms with Gasteiger partial charge < -0.3 is 19.3 Å². The first kappa shape index (κ1) is 22.4. The van der Waals surface area contributed by atoms with Crippen molar-refractivity contribution in [3.63, 3.8) is 0 Å². The molecule has 0 aliphatic carbocycles. The van der Waals surface area contributed by atoms with Crippen molar-refractivity contribution in [2.45, 2.75) is 4.90 Å². The number of rotatable bonds is 6. The molecule has 7 nitrogen and oxygen atoms in total. The maximum atomic E-state index is 13.4. The molecule has 8 heteroatoms. The quantitative estimate of drug-likeness (QED) is 0.500. The number of ketones is 1. The molecule has 0 fully saturated rings. The predicted molar refractivity (Wildman–Crippen MR) is 128 cm³/mol. The highest BCUT2D eigenvalue weighted by molar-refractivity contribution is 7.96. The molecule has 0 unspecified atom stereocenters. The molecule has 170 valence electrons. The van der Waals surface area contributed by atoms with Gasteiger partial charge in [0, 0.05) is 37.2 Å². The van der Waals surface area contributed by atoms with E-state index in [0.29, 0.717) is 17.2 Å². The standard InChI is InChI=1S/C25H24N2O5S/c1-26(2)18-10-12-19(13-11-18)27-16-24(33(29,30)23-8-6-5-7-20(23)27)25(28)17-9-14-21(31-3)22(15-17)32-4/h5-16H,1-4H3. The van der Waals surface area contributed by atoms with Gasteiger partial charge in [-0.15, -0.1) is 0 Å². The molecule has 0 saturated carbocycles. The summed E-state index contributed by atoms with van der Waals surface area (Å²) in [7, 11) is 2.79. The Kier molecular flexibility index (Phi) is 5.86. The third-order valence-corrected chi connectivity index (χ3v) is 7.26. The fourth-order valence-electron chi connectivity index (χ4n) is 3.68. The molecular weight excluding hydrogens is 440 g/mol. The molecule has 1 aliphatic rings. The van der Waals surface area contributed by atoms with Crippen LogP contribution in [0.5, 0.6) is 11.5 Å². The minimum atomic E-state index is -4.04. The Morgan fingerprint density at radius 3 is 2.18 bits per heavy atom. The molecule has 0 spiro atoms. The first-order valence-electron chi connectivity index (χ1n) is 10.2. The van der Waals surface area contributed by atoms with Crippen molar-refractivity contribution in [1.29, 1.82) is 0 Å². The Bertz CT molecular complexity index is 1350. The largest absolute Gasteiger partial charge is 0.493 e. The first-order chi connectivity index (χ1) is 15.8. The van der Waals surface area contributed by atoms with Gasteiger partial charge in [-0.3, -0.25) is 4.79 Å². The van der Waals surface area contributed by atoms with Gasteiger partial charge >= 0.3 is 0 Å². The third-order valence-electron chi connectivity index (χ3n) is 5.46. The summed E-state index contributed by atoms with van der Waals surface area (Å²) >= 11 is 0. The van der Waals surface area contributed by atoms with Crippen molar-refractivity contribution < 1.29 is 22.7 Å². The summed E-state index contributed by atoms with van der Waals surface area (Å²) in [6.45, 7) is 0. The molecule has 0 atom stereocenters. The lowest BCUT2D eigenvalue weighted by Crippen LogP contribution is -2.25. The topological polar surface area (TPSA) is 76.2 Å². The summed E-state index contributed by atoms with van der Waals surface area (Å²) in [6, 6.07) is 18.9. The summed E-state index contributed by atoms with van der Waals surface area (Å²) in [6.07, 6.45) is 1.39. The molecular formula is C25H24N2O5S. The van der Waals surface area contributed by atoms with Crippen LogP contribution < -0.4 is 19.3 Å². The van der Waals surface area contributed by atoms with Crippen molar-refractivity contribution in [2.24, 2.45) is 0 Å². The minimum absolute atomic E-state index is 0.0769. The van der Waals surface area contributed by atoms with Crippen LogP contribution in [0.3, 0.4) is 0 Å². The summed E-state index contributed by atoms with van der Waals surface area (Å²) in [5, 5.41) is 0. The van der Waals surface area contributed by atoms with Gasteiger partial charge in [0.05, 0.1) is 24.8 Å². The SMILES string of the molecule is COc1ccc(C(=O)C2=CN(c3ccc(N(C)C)cc3)c3ccccc3S2(=O)=O)cc1OC. The van der Waals surface area contributed by atoms with Crippen molar-refractivity contribution >= 4 is 32.7 Å². The number of fused-ring (bicyclic) bond motifs is 1. The number of anilines is 3. The van der Waals surface area contributed by atoms with Crippen LogP contribution in [0.4, 0.5) is 17.1 Å². The van der Waals surface area contributed by atoms with E-state index in [1.165, 1.54) is 38.6 Å². The zero-order valence-corrected chi connectivity index (χ0v) is 19.6. The second-order valence-corrected chi connectivity index (χ2v) is 9.53. The van der Waals surface area contributed by atoms with Crippen LogP contribution in [0.1, 0.15) is 10.4 Å². The molecule has 4 rings (SSSR count). The summed E-state index contributed by atoms with van der Waals surface area (Å²) in [5.74, 6) is 0.163. The molecule has 3 aromatic carbocycles. The molecule has 0 radical (unpaired) electrons. The second-order valence-electron chi connectivity index (χ2n) is 7.64. The number of allylic oxidation sites excluding steroid dienone is 1. The maximum absolute atomic E-state index is 13.4. The van der Waals surface area contributed by atoms with Gasteiger partial charge in [0.2, 0.25) is 15.6 Å². The molecule has 1 aliphatic heterocycles. The zero-order valence-electron chi connectivity index (χ0n) is 18.8. The first-order valence-corrected chi connectivity index (χ1v) is 11.7. The predicted octanol–water partition coefficient (Wildman–Crippen LogP) is 4.42. The molecule has 0 amide bonds. The molecule has 0 bridgehead atoms. The normalized spacial score (nSPS) is 14.2. The highest BCUT2D eigenvalue weighted by atomic mass is 32.2. The number of carbonyl (C=O) groups is 1. The van der Waals surface area contributed by atoms with Gasteiger partial charge in [-0.1, -0.05) is 12.1 Å². The van der Waals surface area contributed by atoms with Crippen LogP contribution in [-0.4, -0.2) is 42.5 Å². The zero-order chi connectivity index (χ0) is 23.8. The van der Waals surface area contributed by atoms with Crippen LogP contribution in [-0.2, 0) is 9.84 Å². The van der Waals surface area contributed by atoms with E-state index in [1.54, 1.807) is 29.2 Å². The number of sulfone groups is 1. The number of hydrogen-bond donors (Lipinski definition) is 0. The van der Waals surface area contributed by atoms with E-state index in [-0.39, 0.29) is 15.4 Å². The van der Waals surface area contributed by atoms with E-state index in [1.807, 2.05) is 43.3 Å². The fraction of sp³-hybridized carbons (Fsp3) is 0.160. The maximum Gasteiger partial charge on any atom is 0.214 e. The highest BCUT2D eigenvalue weighted by Gasteiger charge is 2.36. The minimum Gasteiger partial charge on any atom is -0.493 e. The van der Waals surface area contributed by atoms with E-state index < -0.39 is 15.6 Å². The molecule has 0 aromatic heterocycles. The number of benzene rings is 3. The lowest BCUT2D eigenvalue weighted by atomic mass is 10.1. The van der Waals surface area contributed by atoms with E-state index in [0.717, 1.165) is 11.4 Å². The number of ether oxygens (including phenoxy) is 2. The molecule has 0 N–H and O–H groups in total. The van der Waals surface area contributed by atoms with E-state index in [4.69, 9.17) is 9.47 Å². The smallest absolute Gasteiger partial charge is 0.214 e. The van der Waals surface area contributed by atoms with Gasteiger partial charge in [-0.2, -0.15) is 0 Å². The Balaban J connectivity index is 1.86. The number of nitrogens with zero attached hydrogens (tertiary/aromatic N) is 2. The van der Waals surface area contributed by atoms with Crippen LogP contribution >= 0.6 is 0 Å². The molecule has 33 heavy (non-hydrogen) atoms. The Morgan fingerprint density at radius 1 is 0.879 bits per heavy atom. The number of carbonyl (C=O) groups excluding carboxylic acids is 1. The van der Waals surface area contributed by atoms with Crippen molar-refractivity contribution in [3.8, 4) is 11.5 Å². The number of methoxy groups -OCH3 is 2. The highest BCUT2D eigenvalue weighted by Crippen LogP contribution is 2.41. The number of hydrogen-bond acceptors (Lipinski definition) is 7. The summed E-state index contributed by atoms with van der Waals surface area (Å²) in [5.41, 5.74) is 2.41. The Hall–Kier alpha value is -3.78. The average Bonchev–Trinajstić information content (AvgIpc) is 2.83. The van der Waals surface area contributed by atoms with Crippen LogP contribution in [0.15, 0.2) is 82.7 Å². The molecule has 0 saturated heterocycles. The van der Waals surface area contributed by atoms with Crippen molar-refractivity contribution in [1.82, 2.24) is 0 Å². The third kappa shape index (κ3) is 3.93. The van der Waals surface area contributed by atoms with Crippen LogP contribution in [0.25, 0.3) is 0 Å². The summed E-state index contributed by atoms with van der Waals surface area (Å²) < 4.78 is 37.4. The second kappa shape index (κ2) is 8.63. The molecule has 3 aromatic rings. The monoisotopic (exact) mass is 464 g/mol. The van der Waals surface area contributed by atoms with Gasteiger partial charge in [-0.05, 0) is 54.6 Å². The van der Waals surface area contributed by atoms with Crippen LogP contribution in [0.2, 0.25) is 0 Å². The van der Waals surface area contributed by atoms with Crippen molar-refractivity contribution in [3.05, 3.63) is 83.4 Å². The lowest BCUT2D eigenvalue weighted by Gasteiger charge is -2.29. The fourth-order valence-corrected chi connectivity index (χ4v) is 5.23. The van der Waals surface area contributed by atoms with Crippen molar-refractivity contribution in [2.75, 3.05) is 38.1 Å². The van der Waals surface area contributed by atoms with Crippen LogP contribution in [0, 0.1) is 0 Å². The summed E-state index contributed by atoms with van der Waals surface area (Å²) in [4.78, 5) is 16.9. The average molecular weight is 465 g/mol. The van der Waals surface area contributed by atoms with Gasteiger partial charge in [0.25, 0.3) is 0 Å². The van der Waals surface area contributed by atoms with E-state index >= 15 is 0 Å². The Morgan fingerprint density at radius 2 is 1.55 bits per heavy atom. The number of Topliss-reactive ketones (excluding diaryl/α,β-unsaturated/α-hetero) is 1. The van der Waals surface area contributed by atoms with Gasteiger partial charge in [0.1, 0.15) is 4.91 Å². The van der Waals surface area contributed by atoms with E-state index in [9.17, 15) is 13.2 Å². The van der Waals surface area contributed by atoms with E-state index in [2.05, 4.69) is 0 Å². The lowest BCUT2D eigenvalue weighted by molar-refractivity contribution is 0.104. The molecule has 1 heterocycles. The number of para-hydroxylation sites is 1. The Labute approximate surface area is 193 Å².